The number of hydrogen-bond donors (Lipinski definition) is 0. The van der Waals surface area contributed by atoms with Gasteiger partial charge in [-0.3, -0.25) is 9.69 Å². The number of anilines is 1. The van der Waals surface area contributed by atoms with Crippen LogP contribution < -0.4 is 9.64 Å². The highest BCUT2D eigenvalue weighted by molar-refractivity contribution is 5.88. The molecule has 4 fully saturated rings. The molecule has 1 aliphatic carbocycles. The lowest BCUT2D eigenvalue weighted by molar-refractivity contribution is -0.143. The van der Waals surface area contributed by atoms with Crippen LogP contribution in [0.25, 0.3) is 11.1 Å². The third-order valence-electron chi connectivity index (χ3n) is 11.3. The number of nitrogens with zero attached hydrogens (tertiary/aromatic N) is 3. The first-order valence-electron chi connectivity index (χ1n) is 16.9. The second-order valence-corrected chi connectivity index (χ2v) is 14.3. The van der Waals surface area contributed by atoms with Gasteiger partial charge in [-0.1, -0.05) is 49.4 Å². The molecule has 4 aliphatic rings. The van der Waals surface area contributed by atoms with Gasteiger partial charge in [-0.2, -0.15) is 13.2 Å². The number of halogens is 4. The number of alkyl halides is 4. The van der Waals surface area contributed by atoms with Gasteiger partial charge in [0.1, 0.15) is 5.75 Å². The maximum absolute atomic E-state index is 17.5. The van der Waals surface area contributed by atoms with Gasteiger partial charge in [0.25, 0.3) is 5.91 Å². The number of benzene rings is 3. The van der Waals surface area contributed by atoms with Crippen molar-refractivity contribution in [3.63, 3.8) is 0 Å². The minimum atomic E-state index is -4.44. The number of methoxy groups -OCH3 is 1. The van der Waals surface area contributed by atoms with Crippen molar-refractivity contribution in [1.29, 1.82) is 0 Å². The zero-order chi connectivity index (χ0) is 32.9. The fourth-order valence-corrected chi connectivity index (χ4v) is 8.61. The van der Waals surface area contributed by atoms with Crippen molar-refractivity contribution in [2.24, 2.45) is 17.8 Å². The van der Waals surface area contributed by atoms with E-state index in [2.05, 4.69) is 16.7 Å². The lowest BCUT2D eigenvalue weighted by Crippen LogP contribution is -2.51. The summed E-state index contributed by atoms with van der Waals surface area (Å²) in [5.41, 5.74) is 0.125. The maximum Gasteiger partial charge on any atom is 0.416 e. The maximum atomic E-state index is 17.5. The molecule has 7 rings (SSSR count). The van der Waals surface area contributed by atoms with Crippen molar-refractivity contribution < 1.29 is 27.1 Å². The fraction of sp³-hybridized carbons (Fsp3) is 0.500. The van der Waals surface area contributed by atoms with Crippen molar-refractivity contribution in [1.82, 2.24) is 9.80 Å². The van der Waals surface area contributed by atoms with Crippen LogP contribution in [0.15, 0.2) is 72.8 Å². The summed E-state index contributed by atoms with van der Waals surface area (Å²) in [5, 5.41) is 0. The van der Waals surface area contributed by atoms with Gasteiger partial charge in [0.05, 0.1) is 12.7 Å². The number of ether oxygens (including phenoxy) is 1. The lowest BCUT2D eigenvalue weighted by Gasteiger charge is -2.34. The molecule has 0 bridgehead atoms. The number of fused-ring (bicyclic) bond motifs is 1. The van der Waals surface area contributed by atoms with Crippen LogP contribution in [0, 0.1) is 17.8 Å². The van der Waals surface area contributed by atoms with Crippen molar-refractivity contribution in [2.45, 2.75) is 56.4 Å². The van der Waals surface area contributed by atoms with E-state index >= 15 is 4.39 Å². The van der Waals surface area contributed by atoms with Crippen molar-refractivity contribution in [3.05, 3.63) is 83.9 Å². The first-order valence-corrected chi connectivity index (χ1v) is 16.9. The largest absolute Gasteiger partial charge is 0.497 e. The van der Waals surface area contributed by atoms with Gasteiger partial charge in [0.15, 0.2) is 0 Å². The van der Waals surface area contributed by atoms with E-state index in [1.807, 2.05) is 54.6 Å². The van der Waals surface area contributed by atoms with Crippen LogP contribution in [0.4, 0.5) is 23.2 Å². The van der Waals surface area contributed by atoms with Gasteiger partial charge in [-0.05, 0) is 73.1 Å². The molecule has 9 heteroatoms. The summed E-state index contributed by atoms with van der Waals surface area (Å²) in [7, 11) is 1.60. The molecule has 0 aromatic heterocycles. The predicted molar refractivity (Wildman–Crippen MR) is 175 cm³/mol. The molecule has 3 saturated heterocycles. The fourth-order valence-electron chi connectivity index (χ4n) is 8.61. The van der Waals surface area contributed by atoms with Crippen LogP contribution in [-0.4, -0.2) is 73.8 Å². The SMILES string of the molecule is COc1ccc([C@@H]2CN([C@H]3CC[C@H](C)CC3)C[C@@]2(F)C(=O)N2C[C@@H]3CN(c4ccc(C(F)(F)F)cc4-c4ccccc4)C[C@@H]3C2)cc1. The minimum Gasteiger partial charge on any atom is -0.497 e. The zero-order valence-electron chi connectivity index (χ0n) is 27.1. The third kappa shape index (κ3) is 6.12. The smallest absolute Gasteiger partial charge is 0.416 e. The summed E-state index contributed by atoms with van der Waals surface area (Å²) >= 11 is 0. The monoisotopic (exact) mass is 649 g/mol. The number of carbonyl (C=O) groups is 1. The van der Waals surface area contributed by atoms with E-state index in [0.29, 0.717) is 50.0 Å². The Morgan fingerprint density at radius 2 is 1.51 bits per heavy atom. The molecular formula is C38H43F4N3O2. The molecule has 3 aromatic carbocycles. The molecule has 3 aromatic rings. The predicted octanol–water partition coefficient (Wildman–Crippen LogP) is 7.66. The highest BCUT2D eigenvalue weighted by atomic mass is 19.4. The van der Waals surface area contributed by atoms with Crippen molar-refractivity contribution in [3.8, 4) is 16.9 Å². The Balaban J connectivity index is 1.10. The molecular weight excluding hydrogens is 606 g/mol. The summed E-state index contributed by atoms with van der Waals surface area (Å²) in [4.78, 5) is 20.4. The van der Waals surface area contributed by atoms with Crippen molar-refractivity contribution in [2.75, 3.05) is 51.3 Å². The van der Waals surface area contributed by atoms with Crippen LogP contribution in [-0.2, 0) is 11.0 Å². The Morgan fingerprint density at radius 3 is 2.13 bits per heavy atom. The van der Waals surface area contributed by atoms with E-state index in [9.17, 15) is 18.0 Å². The second kappa shape index (κ2) is 12.5. The van der Waals surface area contributed by atoms with Gasteiger partial charge >= 0.3 is 6.18 Å². The number of hydrogen-bond acceptors (Lipinski definition) is 4. The van der Waals surface area contributed by atoms with Crippen LogP contribution >= 0.6 is 0 Å². The summed E-state index contributed by atoms with van der Waals surface area (Å²) in [6, 6.07) is 20.9. The summed E-state index contributed by atoms with van der Waals surface area (Å²) in [5.74, 6) is 0.609. The number of carbonyl (C=O) groups excluding carboxylic acids is 1. The molecule has 1 saturated carbocycles. The quantitative estimate of drug-likeness (QED) is 0.257. The van der Waals surface area contributed by atoms with E-state index in [1.54, 1.807) is 18.1 Å². The Bertz CT molecular complexity index is 1560. The average molecular weight is 650 g/mol. The molecule has 250 valence electrons. The van der Waals surface area contributed by atoms with Crippen LogP contribution in [0.3, 0.4) is 0 Å². The standard InChI is InChI=1S/C38H43F4N3O2/c1-25-8-13-31(14-9-25)45-23-34(27-10-15-32(47-2)16-11-27)37(39,24-45)36(46)44-21-28-19-43(20-29(28)22-44)35-17-12-30(38(40,41)42)18-33(35)26-6-4-3-5-7-26/h3-7,10-12,15-18,25,28-29,31,34H,8-9,13-14,19-24H2,1-2H3/t25-,28-,29+,31-,34-,37-/m0/s1. The highest BCUT2D eigenvalue weighted by Crippen LogP contribution is 2.46. The van der Waals surface area contributed by atoms with E-state index in [1.165, 1.54) is 6.07 Å². The molecule has 4 atom stereocenters. The van der Waals surface area contributed by atoms with Crippen LogP contribution in [0.5, 0.6) is 5.75 Å². The minimum absolute atomic E-state index is 0.103. The van der Waals surface area contributed by atoms with Crippen LogP contribution in [0.1, 0.15) is 49.7 Å². The Morgan fingerprint density at radius 1 is 0.851 bits per heavy atom. The van der Waals surface area contributed by atoms with E-state index in [4.69, 9.17) is 4.74 Å². The highest BCUT2D eigenvalue weighted by Gasteiger charge is 2.58. The van der Waals surface area contributed by atoms with Gasteiger partial charge in [-0.25, -0.2) is 4.39 Å². The summed E-state index contributed by atoms with van der Waals surface area (Å²) in [6.45, 7) is 4.99. The molecule has 5 nitrogen and oxygen atoms in total. The summed E-state index contributed by atoms with van der Waals surface area (Å²) < 4.78 is 63.9. The van der Waals surface area contributed by atoms with E-state index < -0.39 is 29.2 Å². The van der Waals surface area contributed by atoms with Gasteiger partial charge in [0.2, 0.25) is 5.67 Å². The molecule has 0 N–H and O–H groups in total. The Labute approximate surface area is 274 Å². The molecule has 47 heavy (non-hydrogen) atoms. The Kier molecular flexibility index (Phi) is 8.48. The second-order valence-electron chi connectivity index (χ2n) is 14.3. The summed E-state index contributed by atoms with van der Waals surface area (Å²) in [6.07, 6.45) is -0.141. The molecule has 0 radical (unpaired) electrons. The van der Waals surface area contributed by atoms with Crippen molar-refractivity contribution >= 4 is 11.6 Å². The Hall–Kier alpha value is -3.59. The number of amides is 1. The molecule has 0 spiro atoms. The lowest BCUT2D eigenvalue weighted by atomic mass is 9.85. The number of likely N-dealkylation sites (tertiary alicyclic amines) is 2. The normalized spacial score (nSPS) is 29.7. The van der Waals surface area contributed by atoms with Gasteiger partial charge in [0, 0.05) is 74.3 Å². The number of rotatable bonds is 6. The zero-order valence-corrected chi connectivity index (χ0v) is 27.1. The first-order chi connectivity index (χ1) is 22.5. The third-order valence-corrected chi connectivity index (χ3v) is 11.3. The molecule has 0 unspecified atom stereocenters. The topological polar surface area (TPSA) is 36.0 Å². The van der Waals surface area contributed by atoms with Gasteiger partial charge in [-0.15, -0.1) is 0 Å². The van der Waals surface area contributed by atoms with Crippen LogP contribution in [0.2, 0.25) is 0 Å². The molecule has 3 aliphatic heterocycles. The van der Waals surface area contributed by atoms with E-state index in [-0.39, 0.29) is 24.4 Å². The molecule has 1 amide bonds. The van der Waals surface area contributed by atoms with E-state index in [0.717, 1.165) is 48.6 Å². The average Bonchev–Trinajstić information content (AvgIpc) is 3.77. The molecule has 3 heterocycles. The van der Waals surface area contributed by atoms with Gasteiger partial charge < -0.3 is 14.5 Å². The first kappa shape index (κ1) is 32.0.